The number of likely N-dealkylation sites (tertiary alicyclic amines) is 1. The topological polar surface area (TPSA) is 113 Å². The number of Topliss-reactive ketones (excluding diaryl/α,β-unsaturated/α-hetero) is 1. The predicted octanol–water partition coefficient (Wildman–Crippen LogP) is 5.25. The van der Waals surface area contributed by atoms with Crippen LogP contribution in [0.15, 0.2) is 78.4 Å². The molecule has 1 fully saturated rings. The minimum absolute atomic E-state index is 0.0950. The van der Waals surface area contributed by atoms with E-state index in [4.69, 9.17) is 4.74 Å². The molecule has 0 radical (unpaired) electrons. The fraction of sp³-hybridized carbons (Fsp3) is 0.290. The van der Waals surface area contributed by atoms with E-state index < -0.39 is 22.7 Å². The Hall–Kier alpha value is -4.50. The van der Waals surface area contributed by atoms with Gasteiger partial charge in [-0.2, -0.15) is 0 Å². The van der Waals surface area contributed by atoms with Crippen molar-refractivity contribution in [2.75, 3.05) is 26.2 Å². The first-order chi connectivity index (χ1) is 19.2. The van der Waals surface area contributed by atoms with Crippen molar-refractivity contribution in [3.05, 3.63) is 111 Å². The van der Waals surface area contributed by atoms with E-state index >= 15 is 0 Å². The number of ketones is 1. The number of hydrogen-bond donors (Lipinski definition) is 1. The molecule has 0 aromatic heterocycles. The summed E-state index contributed by atoms with van der Waals surface area (Å²) < 4.78 is 5.94. The minimum Gasteiger partial charge on any atom is -0.507 e. The van der Waals surface area contributed by atoms with E-state index in [1.54, 1.807) is 24.3 Å². The first-order valence-electron chi connectivity index (χ1n) is 13.3. The summed E-state index contributed by atoms with van der Waals surface area (Å²) in [5.74, 6) is -1.28. The van der Waals surface area contributed by atoms with Crippen LogP contribution in [0.3, 0.4) is 0 Å². The first kappa shape index (κ1) is 28.5. The number of rotatable bonds is 11. The summed E-state index contributed by atoms with van der Waals surface area (Å²) in [6.45, 7) is 8.48. The van der Waals surface area contributed by atoms with Gasteiger partial charge in [-0.25, -0.2) is 0 Å². The zero-order chi connectivity index (χ0) is 28.8. The largest absolute Gasteiger partial charge is 0.507 e. The predicted molar refractivity (Wildman–Crippen MR) is 152 cm³/mol. The molecule has 1 saturated heterocycles. The van der Waals surface area contributed by atoms with Crippen LogP contribution in [-0.2, 0) is 16.2 Å². The van der Waals surface area contributed by atoms with Crippen LogP contribution in [0.2, 0.25) is 0 Å². The average Bonchev–Trinajstić information content (AvgIpc) is 3.22. The Labute approximate surface area is 233 Å². The van der Waals surface area contributed by atoms with Gasteiger partial charge in [-0.3, -0.25) is 19.7 Å². The maximum absolute atomic E-state index is 13.3. The molecule has 0 bridgehead atoms. The number of nitro benzene ring substituents is 1. The molecular formula is C31H33N3O6. The van der Waals surface area contributed by atoms with Crippen molar-refractivity contribution in [3.8, 4) is 5.75 Å². The van der Waals surface area contributed by atoms with Crippen molar-refractivity contribution in [1.29, 1.82) is 0 Å². The third kappa shape index (κ3) is 6.05. The standard InChI is InChI=1S/C31H33N3O6/c1-4-32(5-2)16-17-33-28(23-12-9-13-25(19-23)34(38)39)27(30(36)31(33)37)29(35)24-14-15-26(21(3)18-24)40-20-22-10-7-6-8-11-22/h6-15,18-19,28,35H,4-5,16-17,20H2,1-3H3/t28-/m0/s1. The van der Waals surface area contributed by atoms with Gasteiger partial charge < -0.3 is 19.6 Å². The van der Waals surface area contributed by atoms with Gasteiger partial charge in [-0.15, -0.1) is 0 Å². The molecule has 1 heterocycles. The lowest BCUT2D eigenvalue weighted by Gasteiger charge is -2.28. The molecule has 3 aromatic rings. The number of hydrogen-bond acceptors (Lipinski definition) is 7. The zero-order valence-corrected chi connectivity index (χ0v) is 22.9. The minimum atomic E-state index is -0.968. The van der Waals surface area contributed by atoms with Crippen molar-refractivity contribution in [3.63, 3.8) is 0 Å². The molecule has 9 heteroatoms. The van der Waals surface area contributed by atoms with Gasteiger partial charge >= 0.3 is 0 Å². The molecule has 1 aliphatic rings. The number of aliphatic hydroxyl groups is 1. The molecule has 3 aromatic carbocycles. The lowest BCUT2D eigenvalue weighted by atomic mass is 9.94. The van der Waals surface area contributed by atoms with Gasteiger partial charge in [0.05, 0.1) is 16.5 Å². The Bertz CT molecular complexity index is 1430. The summed E-state index contributed by atoms with van der Waals surface area (Å²) in [6, 6.07) is 19.6. The molecule has 40 heavy (non-hydrogen) atoms. The van der Waals surface area contributed by atoms with Crippen molar-refractivity contribution >= 4 is 23.1 Å². The molecule has 0 aliphatic carbocycles. The Morgan fingerprint density at radius 2 is 1.75 bits per heavy atom. The number of ether oxygens (including phenoxy) is 1. The van der Waals surface area contributed by atoms with Gasteiger partial charge in [-0.1, -0.05) is 56.3 Å². The Morgan fingerprint density at radius 1 is 1.02 bits per heavy atom. The van der Waals surface area contributed by atoms with Crippen molar-refractivity contribution < 1.29 is 24.4 Å². The number of aryl methyl sites for hydroxylation is 1. The number of carbonyl (C=O) groups excluding carboxylic acids is 2. The van der Waals surface area contributed by atoms with Crippen LogP contribution in [0.5, 0.6) is 5.75 Å². The van der Waals surface area contributed by atoms with E-state index in [1.807, 2.05) is 51.1 Å². The second-order valence-corrected chi connectivity index (χ2v) is 9.63. The highest BCUT2D eigenvalue weighted by molar-refractivity contribution is 6.46. The van der Waals surface area contributed by atoms with E-state index in [0.717, 1.165) is 24.2 Å². The number of benzene rings is 3. The van der Waals surface area contributed by atoms with E-state index in [9.17, 15) is 24.8 Å². The molecule has 1 atom stereocenters. The van der Waals surface area contributed by atoms with E-state index in [2.05, 4.69) is 4.90 Å². The monoisotopic (exact) mass is 543 g/mol. The van der Waals surface area contributed by atoms with Crippen LogP contribution in [-0.4, -0.2) is 57.7 Å². The highest BCUT2D eigenvalue weighted by atomic mass is 16.6. The maximum Gasteiger partial charge on any atom is 0.295 e. The first-order valence-corrected chi connectivity index (χ1v) is 13.3. The van der Waals surface area contributed by atoms with Crippen LogP contribution in [0.25, 0.3) is 5.76 Å². The third-order valence-electron chi connectivity index (χ3n) is 7.17. The van der Waals surface area contributed by atoms with E-state index in [1.165, 1.54) is 23.1 Å². The zero-order valence-electron chi connectivity index (χ0n) is 22.9. The van der Waals surface area contributed by atoms with Gasteiger partial charge in [-0.05, 0) is 54.9 Å². The smallest absolute Gasteiger partial charge is 0.295 e. The Balaban J connectivity index is 1.72. The van der Waals surface area contributed by atoms with Gasteiger partial charge in [0, 0.05) is 30.8 Å². The number of carbonyl (C=O) groups is 2. The summed E-state index contributed by atoms with van der Waals surface area (Å²) in [5, 5.41) is 22.9. The lowest BCUT2D eigenvalue weighted by molar-refractivity contribution is -0.384. The quantitative estimate of drug-likeness (QED) is 0.116. The molecule has 4 rings (SSSR count). The van der Waals surface area contributed by atoms with Crippen LogP contribution < -0.4 is 4.74 Å². The fourth-order valence-corrected chi connectivity index (χ4v) is 4.90. The average molecular weight is 544 g/mol. The summed E-state index contributed by atoms with van der Waals surface area (Å²) in [5.41, 5.74) is 2.22. The highest BCUT2D eigenvalue weighted by Crippen LogP contribution is 2.40. The molecular weight excluding hydrogens is 510 g/mol. The van der Waals surface area contributed by atoms with Crippen LogP contribution in [0, 0.1) is 17.0 Å². The second kappa shape index (κ2) is 12.6. The summed E-state index contributed by atoms with van der Waals surface area (Å²) in [6.07, 6.45) is 0. The second-order valence-electron chi connectivity index (χ2n) is 9.63. The van der Waals surface area contributed by atoms with Crippen molar-refractivity contribution in [2.45, 2.75) is 33.4 Å². The number of non-ortho nitro benzene ring substituents is 1. The molecule has 0 spiro atoms. The summed E-state index contributed by atoms with van der Waals surface area (Å²) in [4.78, 5) is 41.1. The van der Waals surface area contributed by atoms with E-state index in [0.29, 0.717) is 30.0 Å². The molecule has 9 nitrogen and oxygen atoms in total. The Morgan fingerprint density at radius 3 is 2.40 bits per heavy atom. The van der Waals surface area contributed by atoms with Gasteiger partial charge in [0.2, 0.25) is 0 Å². The van der Waals surface area contributed by atoms with Gasteiger partial charge in [0.1, 0.15) is 18.1 Å². The number of aliphatic hydroxyl groups excluding tert-OH is 1. The molecule has 1 aliphatic heterocycles. The summed E-state index contributed by atoms with van der Waals surface area (Å²) in [7, 11) is 0. The Kier molecular flexibility index (Phi) is 8.96. The van der Waals surface area contributed by atoms with Crippen molar-refractivity contribution in [1.82, 2.24) is 9.80 Å². The number of nitrogens with zero attached hydrogens (tertiary/aromatic N) is 3. The molecule has 0 unspecified atom stereocenters. The van der Waals surface area contributed by atoms with Crippen molar-refractivity contribution in [2.24, 2.45) is 0 Å². The SMILES string of the molecule is CCN(CC)CCN1C(=O)C(=O)C(=C(O)c2ccc(OCc3ccccc3)c(C)c2)[C@@H]1c1cccc([N+](=O)[O-])c1. The molecule has 0 saturated carbocycles. The summed E-state index contributed by atoms with van der Waals surface area (Å²) >= 11 is 0. The highest BCUT2D eigenvalue weighted by Gasteiger charge is 2.46. The molecule has 208 valence electrons. The molecule has 1 amide bonds. The third-order valence-corrected chi connectivity index (χ3v) is 7.17. The van der Waals surface area contributed by atoms with Crippen LogP contribution >= 0.6 is 0 Å². The number of likely N-dealkylation sites (N-methyl/N-ethyl adjacent to an activating group) is 1. The maximum atomic E-state index is 13.3. The van der Waals surface area contributed by atoms with Crippen LogP contribution in [0.1, 0.15) is 42.1 Å². The molecule has 1 N–H and O–H groups in total. The van der Waals surface area contributed by atoms with Crippen LogP contribution in [0.4, 0.5) is 5.69 Å². The number of nitro groups is 1. The van der Waals surface area contributed by atoms with Gasteiger partial charge in [0.15, 0.2) is 0 Å². The normalized spacial score (nSPS) is 16.5. The fourth-order valence-electron chi connectivity index (χ4n) is 4.90. The number of amides is 1. The van der Waals surface area contributed by atoms with E-state index in [-0.39, 0.29) is 23.6 Å². The lowest BCUT2D eigenvalue weighted by Crippen LogP contribution is -2.38. The van der Waals surface area contributed by atoms with Gasteiger partial charge in [0.25, 0.3) is 17.4 Å².